The van der Waals surface area contributed by atoms with E-state index < -0.39 is 17.6 Å². The van der Waals surface area contributed by atoms with Gasteiger partial charge in [0.1, 0.15) is 5.54 Å². The van der Waals surface area contributed by atoms with Gasteiger partial charge in [-0.2, -0.15) is 0 Å². The predicted octanol–water partition coefficient (Wildman–Crippen LogP) is 0.579. The topological polar surface area (TPSA) is 83.6 Å². The highest BCUT2D eigenvalue weighted by Gasteiger charge is 2.46. The first-order valence-corrected chi connectivity index (χ1v) is 5.74. The Morgan fingerprint density at radius 1 is 1.56 bits per heavy atom. The molecular weight excluding hydrogens is 208 g/mol. The molecule has 92 valence electrons. The van der Waals surface area contributed by atoms with Crippen LogP contribution in [0.25, 0.3) is 0 Å². The maximum absolute atomic E-state index is 12.0. The van der Waals surface area contributed by atoms with Gasteiger partial charge in [-0.1, -0.05) is 13.3 Å². The Kier molecular flexibility index (Phi) is 3.91. The van der Waals surface area contributed by atoms with E-state index in [9.17, 15) is 9.59 Å². The van der Waals surface area contributed by atoms with Crippen LogP contribution in [0.15, 0.2) is 0 Å². The zero-order chi connectivity index (χ0) is 12.3. The number of aliphatic carboxylic acids is 1. The first kappa shape index (κ1) is 13.0. The molecule has 0 aliphatic carbocycles. The van der Waals surface area contributed by atoms with Crippen LogP contribution in [0, 0.1) is 0 Å². The van der Waals surface area contributed by atoms with Gasteiger partial charge in [-0.3, -0.25) is 4.79 Å². The zero-order valence-electron chi connectivity index (χ0n) is 9.90. The van der Waals surface area contributed by atoms with Crippen LogP contribution in [0.5, 0.6) is 0 Å². The number of nitrogens with zero attached hydrogens (tertiary/aromatic N) is 1. The van der Waals surface area contributed by atoms with Crippen LogP contribution in [0.4, 0.5) is 0 Å². The second kappa shape index (κ2) is 4.82. The van der Waals surface area contributed by atoms with Crippen molar-refractivity contribution in [1.29, 1.82) is 0 Å². The van der Waals surface area contributed by atoms with Crippen molar-refractivity contribution in [1.82, 2.24) is 4.90 Å². The molecule has 0 radical (unpaired) electrons. The van der Waals surface area contributed by atoms with Gasteiger partial charge in [0.05, 0.1) is 6.04 Å². The summed E-state index contributed by atoms with van der Waals surface area (Å²) >= 11 is 0. The van der Waals surface area contributed by atoms with Gasteiger partial charge in [-0.05, 0) is 26.2 Å². The van der Waals surface area contributed by atoms with Crippen molar-refractivity contribution in [3.63, 3.8) is 0 Å². The van der Waals surface area contributed by atoms with Gasteiger partial charge in [0.25, 0.3) is 0 Å². The minimum Gasteiger partial charge on any atom is -0.480 e. The van der Waals surface area contributed by atoms with Crippen molar-refractivity contribution in [2.45, 2.75) is 51.1 Å². The molecule has 1 saturated heterocycles. The fourth-order valence-electron chi connectivity index (χ4n) is 2.17. The number of likely N-dealkylation sites (tertiary alicyclic amines) is 1. The lowest BCUT2D eigenvalue weighted by Gasteiger charge is -2.33. The van der Waals surface area contributed by atoms with E-state index in [-0.39, 0.29) is 5.91 Å². The molecule has 0 saturated carbocycles. The third kappa shape index (κ3) is 2.19. The van der Waals surface area contributed by atoms with Crippen molar-refractivity contribution >= 4 is 11.9 Å². The molecule has 1 rings (SSSR count). The van der Waals surface area contributed by atoms with Crippen LogP contribution in [-0.2, 0) is 9.59 Å². The first-order valence-electron chi connectivity index (χ1n) is 5.74. The monoisotopic (exact) mass is 228 g/mol. The Hall–Kier alpha value is -1.10. The molecule has 5 heteroatoms. The average Bonchev–Trinajstić information content (AvgIpc) is 2.61. The summed E-state index contributed by atoms with van der Waals surface area (Å²) in [7, 11) is 0. The standard InChI is InChI=1S/C11H20N2O3/c1-3-5-8(12)9(14)13-7-4-6-11(13,2)10(15)16/h8H,3-7,12H2,1-2H3,(H,15,16)/t8-,11?/m0/s1. The number of carboxylic acid groups (broad SMARTS) is 1. The fourth-order valence-corrected chi connectivity index (χ4v) is 2.17. The Bertz CT molecular complexity index is 293. The highest BCUT2D eigenvalue weighted by atomic mass is 16.4. The lowest BCUT2D eigenvalue weighted by Crippen LogP contribution is -2.55. The quantitative estimate of drug-likeness (QED) is 0.737. The summed E-state index contributed by atoms with van der Waals surface area (Å²) < 4.78 is 0. The maximum Gasteiger partial charge on any atom is 0.329 e. The summed E-state index contributed by atoms with van der Waals surface area (Å²) in [5.74, 6) is -1.17. The van der Waals surface area contributed by atoms with Crippen LogP contribution in [-0.4, -0.2) is 40.0 Å². The van der Waals surface area contributed by atoms with E-state index >= 15 is 0 Å². The molecule has 1 unspecified atom stereocenters. The molecular formula is C11H20N2O3. The molecule has 1 fully saturated rings. The lowest BCUT2D eigenvalue weighted by molar-refractivity contribution is -0.155. The number of carbonyl (C=O) groups is 2. The van der Waals surface area contributed by atoms with Gasteiger partial charge < -0.3 is 15.7 Å². The Morgan fingerprint density at radius 3 is 2.69 bits per heavy atom. The van der Waals surface area contributed by atoms with Crippen LogP contribution in [0.1, 0.15) is 39.5 Å². The van der Waals surface area contributed by atoms with Crippen molar-refractivity contribution in [3.05, 3.63) is 0 Å². The highest BCUT2D eigenvalue weighted by molar-refractivity contribution is 5.89. The molecule has 1 amide bonds. The summed E-state index contributed by atoms with van der Waals surface area (Å²) in [6.45, 7) is 4.05. The second-order valence-electron chi connectivity index (χ2n) is 4.57. The summed E-state index contributed by atoms with van der Waals surface area (Å²) in [4.78, 5) is 24.6. The van der Waals surface area contributed by atoms with Crippen molar-refractivity contribution in [3.8, 4) is 0 Å². The van der Waals surface area contributed by atoms with Gasteiger partial charge in [0.15, 0.2) is 0 Å². The maximum atomic E-state index is 12.0. The van der Waals surface area contributed by atoms with Gasteiger partial charge in [0, 0.05) is 6.54 Å². The average molecular weight is 228 g/mol. The third-order valence-corrected chi connectivity index (χ3v) is 3.28. The molecule has 0 bridgehead atoms. The third-order valence-electron chi connectivity index (χ3n) is 3.28. The summed E-state index contributed by atoms with van der Waals surface area (Å²) in [6, 6.07) is -0.568. The molecule has 1 aliphatic heterocycles. The minimum absolute atomic E-state index is 0.232. The van der Waals surface area contributed by atoms with Crippen molar-refractivity contribution in [2.75, 3.05) is 6.54 Å². The molecule has 0 spiro atoms. The van der Waals surface area contributed by atoms with Gasteiger partial charge in [-0.25, -0.2) is 4.79 Å². The number of amides is 1. The summed E-state index contributed by atoms with van der Waals surface area (Å²) in [5, 5.41) is 9.17. The van der Waals surface area contributed by atoms with Crippen LogP contribution in [0.3, 0.4) is 0 Å². The molecule has 5 nitrogen and oxygen atoms in total. The van der Waals surface area contributed by atoms with Crippen LogP contribution < -0.4 is 5.73 Å². The molecule has 1 aliphatic rings. The van der Waals surface area contributed by atoms with Crippen molar-refractivity contribution in [2.24, 2.45) is 5.73 Å². The van der Waals surface area contributed by atoms with Crippen molar-refractivity contribution < 1.29 is 14.7 Å². The van der Waals surface area contributed by atoms with Gasteiger partial charge in [-0.15, -0.1) is 0 Å². The fraction of sp³-hybridized carbons (Fsp3) is 0.818. The number of hydrogen-bond donors (Lipinski definition) is 2. The number of carboxylic acids is 1. The first-order chi connectivity index (χ1) is 7.43. The normalized spacial score (nSPS) is 26.8. The molecule has 16 heavy (non-hydrogen) atoms. The van der Waals surface area contributed by atoms with Crippen LogP contribution in [0.2, 0.25) is 0 Å². The summed E-state index contributed by atoms with van der Waals surface area (Å²) in [6.07, 6.45) is 2.66. The molecule has 1 heterocycles. The Balaban J connectivity index is 2.79. The second-order valence-corrected chi connectivity index (χ2v) is 4.57. The number of rotatable bonds is 4. The smallest absolute Gasteiger partial charge is 0.329 e. The Morgan fingerprint density at radius 2 is 2.19 bits per heavy atom. The number of carbonyl (C=O) groups excluding carboxylic acids is 1. The molecule has 3 N–H and O–H groups in total. The zero-order valence-corrected chi connectivity index (χ0v) is 9.90. The molecule has 0 aromatic heterocycles. The minimum atomic E-state index is -1.07. The molecule has 0 aromatic carbocycles. The number of hydrogen-bond acceptors (Lipinski definition) is 3. The van der Waals surface area contributed by atoms with Crippen LogP contribution >= 0.6 is 0 Å². The van der Waals surface area contributed by atoms with E-state index in [0.717, 1.165) is 12.8 Å². The van der Waals surface area contributed by atoms with Gasteiger partial charge in [0.2, 0.25) is 5.91 Å². The lowest BCUT2D eigenvalue weighted by atomic mass is 9.98. The van der Waals surface area contributed by atoms with E-state index in [1.165, 1.54) is 4.90 Å². The van der Waals surface area contributed by atoms with E-state index in [1.807, 2.05) is 6.92 Å². The largest absolute Gasteiger partial charge is 0.480 e. The SMILES string of the molecule is CCC[C@H](N)C(=O)N1CCCC1(C)C(=O)O. The molecule has 2 atom stereocenters. The van der Waals surface area contributed by atoms with Gasteiger partial charge >= 0.3 is 5.97 Å². The number of nitrogens with two attached hydrogens (primary N) is 1. The van der Waals surface area contributed by atoms with E-state index in [1.54, 1.807) is 6.92 Å². The molecule has 0 aromatic rings. The Labute approximate surface area is 95.6 Å². The predicted molar refractivity (Wildman–Crippen MR) is 59.9 cm³/mol. The highest BCUT2D eigenvalue weighted by Crippen LogP contribution is 2.29. The van der Waals surface area contributed by atoms with E-state index in [0.29, 0.717) is 19.4 Å². The summed E-state index contributed by atoms with van der Waals surface area (Å²) in [5.41, 5.74) is 4.68. The van der Waals surface area contributed by atoms with E-state index in [4.69, 9.17) is 10.8 Å². The van der Waals surface area contributed by atoms with E-state index in [2.05, 4.69) is 0 Å².